The van der Waals surface area contributed by atoms with Crippen LogP contribution in [0.4, 0.5) is 0 Å². The van der Waals surface area contributed by atoms with E-state index in [1.807, 2.05) is 0 Å². The molecule has 0 atom stereocenters. The maximum Gasteiger partial charge on any atom is 0.274 e. The molecule has 1 fully saturated rings. The molecule has 0 spiro atoms. The summed E-state index contributed by atoms with van der Waals surface area (Å²) in [7, 11) is 0. The van der Waals surface area contributed by atoms with Crippen molar-refractivity contribution in [3.63, 3.8) is 0 Å². The van der Waals surface area contributed by atoms with Crippen LogP contribution in [0.2, 0.25) is 0 Å². The van der Waals surface area contributed by atoms with Gasteiger partial charge in [0.2, 0.25) is 0 Å². The summed E-state index contributed by atoms with van der Waals surface area (Å²) in [4.78, 5) is 17.6. The number of carbonyl (C=O) groups is 1. The normalized spacial score (nSPS) is 16.9. The Kier molecular flexibility index (Phi) is 3.09. The molecular formula is C8H8BrClN2OS. The fourth-order valence-electron chi connectivity index (χ4n) is 1.35. The van der Waals surface area contributed by atoms with E-state index in [1.165, 1.54) is 11.3 Å². The van der Waals surface area contributed by atoms with Crippen LogP contribution in [0.15, 0.2) is 9.30 Å². The first-order valence-electron chi connectivity index (χ1n) is 4.16. The highest BCUT2D eigenvalue weighted by Gasteiger charge is 2.32. The van der Waals surface area contributed by atoms with Crippen LogP contribution in [0.25, 0.3) is 0 Å². The average Bonchev–Trinajstić information content (AvgIpc) is 2.49. The van der Waals surface area contributed by atoms with E-state index in [0.717, 1.165) is 16.9 Å². The Labute approximate surface area is 99.2 Å². The third-order valence-corrected chi connectivity index (χ3v) is 4.17. The second kappa shape index (κ2) is 4.16. The van der Waals surface area contributed by atoms with Gasteiger partial charge in [0.05, 0.1) is 5.51 Å². The predicted octanol–water partition coefficient (Wildman–Crippen LogP) is 2.22. The summed E-state index contributed by atoms with van der Waals surface area (Å²) in [6.07, 6.45) is 0. The molecule has 0 radical (unpaired) electrons. The number of aromatic nitrogens is 1. The van der Waals surface area contributed by atoms with Crippen molar-refractivity contribution >= 4 is 44.8 Å². The number of nitrogens with zero attached hydrogens (tertiary/aromatic N) is 2. The molecule has 1 saturated heterocycles. The molecule has 0 saturated carbocycles. The number of thiazole rings is 1. The van der Waals surface area contributed by atoms with Gasteiger partial charge >= 0.3 is 0 Å². The Balaban J connectivity index is 2.01. The number of rotatable bonds is 2. The van der Waals surface area contributed by atoms with Gasteiger partial charge in [-0.25, -0.2) is 4.98 Å². The van der Waals surface area contributed by atoms with Gasteiger partial charge in [-0.15, -0.1) is 22.9 Å². The summed E-state index contributed by atoms with van der Waals surface area (Å²) in [5.41, 5.74) is 2.18. The Morgan fingerprint density at radius 2 is 2.50 bits per heavy atom. The molecule has 0 unspecified atom stereocenters. The molecule has 76 valence electrons. The van der Waals surface area contributed by atoms with Crippen molar-refractivity contribution in [1.82, 2.24) is 9.88 Å². The zero-order chi connectivity index (χ0) is 10.1. The molecule has 6 heteroatoms. The minimum Gasteiger partial charge on any atom is -0.336 e. The summed E-state index contributed by atoms with van der Waals surface area (Å²) in [6.45, 7) is 1.51. The van der Waals surface area contributed by atoms with Gasteiger partial charge in [0.25, 0.3) is 5.91 Å². The molecule has 2 heterocycles. The Bertz CT molecular complexity index is 351. The largest absolute Gasteiger partial charge is 0.336 e. The molecule has 0 N–H and O–H groups in total. The summed E-state index contributed by atoms with van der Waals surface area (Å²) in [6, 6.07) is 0. The second-order valence-electron chi connectivity index (χ2n) is 3.21. The summed E-state index contributed by atoms with van der Waals surface area (Å²) < 4.78 is 0.803. The van der Waals surface area contributed by atoms with Crippen LogP contribution in [-0.2, 0) is 0 Å². The third kappa shape index (κ3) is 1.81. The van der Waals surface area contributed by atoms with Crippen molar-refractivity contribution in [2.24, 2.45) is 5.92 Å². The lowest BCUT2D eigenvalue weighted by atomic mass is 10.0. The van der Waals surface area contributed by atoms with E-state index in [9.17, 15) is 4.79 Å². The second-order valence-corrected chi connectivity index (χ2v) is 5.69. The lowest BCUT2D eigenvalue weighted by Gasteiger charge is -2.37. The number of halogens is 2. The Morgan fingerprint density at radius 1 is 1.79 bits per heavy atom. The lowest BCUT2D eigenvalue weighted by molar-refractivity contribution is 0.0529. The van der Waals surface area contributed by atoms with Gasteiger partial charge in [-0.05, 0) is 15.9 Å². The minimum atomic E-state index is -0.000471. The topological polar surface area (TPSA) is 33.2 Å². The molecule has 2 rings (SSSR count). The fourth-order valence-corrected chi connectivity index (χ4v) is 2.57. The zero-order valence-electron chi connectivity index (χ0n) is 7.24. The maximum absolute atomic E-state index is 11.8. The highest BCUT2D eigenvalue weighted by Crippen LogP contribution is 2.25. The van der Waals surface area contributed by atoms with Crippen molar-refractivity contribution in [1.29, 1.82) is 0 Å². The van der Waals surface area contributed by atoms with Crippen molar-refractivity contribution < 1.29 is 4.79 Å². The van der Waals surface area contributed by atoms with Gasteiger partial charge in [-0.2, -0.15) is 0 Å². The lowest BCUT2D eigenvalue weighted by Crippen LogP contribution is -2.50. The van der Waals surface area contributed by atoms with Crippen LogP contribution < -0.4 is 0 Å². The van der Waals surface area contributed by atoms with E-state index in [2.05, 4.69) is 20.9 Å². The number of carbonyl (C=O) groups excluding carboxylic acids is 1. The standard InChI is InChI=1S/C8H8BrClN2OS/c9-7-6(11-4-14-7)8(13)12-2-5(1-10)3-12/h4-5H,1-3H2. The van der Waals surface area contributed by atoms with E-state index < -0.39 is 0 Å². The molecule has 3 nitrogen and oxygen atoms in total. The maximum atomic E-state index is 11.8. The van der Waals surface area contributed by atoms with Crippen molar-refractivity contribution in [2.75, 3.05) is 19.0 Å². The van der Waals surface area contributed by atoms with Gasteiger partial charge in [0, 0.05) is 24.9 Å². The molecule has 0 bridgehead atoms. The molecule has 0 aliphatic carbocycles. The van der Waals surface area contributed by atoms with Crippen LogP contribution in [0.3, 0.4) is 0 Å². The Morgan fingerprint density at radius 3 is 3.00 bits per heavy atom. The molecule has 1 aliphatic heterocycles. The van der Waals surface area contributed by atoms with Gasteiger partial charge < -0.3 is 4.90 Å². The highest BCUT2D eigenvalue weighted by molar-refractivity contribution is 9.11. The number of amides is 1. The molecule has 1 aromatic rings. The molecule has 1 amide bonds. The SMILES string of the molecule is O=C(c1ncsc1Br)N1CC(CCl)C1. The minimum absolute atomic E-state index is 0.000471. The third-order valence-electron chi connectivity index (χ3n) is 2.19. The number of alkyl halides is 1. The number of hydrogen-bond donors (Lipinski definition) is 0. The summed E-state index contributed by atoms with van der Waals surface area (Å²) in [5.74, 6) is 1.08. The van der Waals surface area contributed by atoms with Gasteiger partial charge in [-0.3, -0.25) is 4.79 Å². The molecule has 0 aromatic carbocycles. The summed E-state index contributed by atoms with van der Waals surface area (Å²) >= 11 is 10.4. The molecule has 14 heavy (non-hydrogen) atoms. The zero-order valence-corrected chi connectivity index (χ0v) is 10.4. The van der Waals surface area contributed by atoms with Crippen LogP contribution in [0.1, 0.15) is 10.5 Å². The van der Waals surface area contributed by atoms with E-state index >= 15 is 0 Å². The van der Waals surface area contributed by atoms with Crippen molar-refractivity contribution in [3.05, 3.63) is 15.0 Å². The van der Waals surface area contributed by atoms with E-state index in [-0.39, 0.29) is 5.91 Å². The van der Waals surface area contributed by atoms with Crippen LogP contribution in [-0.4, -0.2) is 34.8 Å². The number of likely N-dealkylation sites (tertiary alicyclic amines) is 1. The van der Waals surface area contributed by atoms with Crippen LogP contribution >= 0.6 is 38.9 Å². The van der Waals surface area contributed by atoms with Crippen LogP contribution in [0, 0.1) is 5.92 Å². The van der Waals surface area contributed by atoms with E-state index in [4.69, 9.17) is 11.6 Å². The quantitative estimate of drug-likeness (QED) is 0.784. The van der Waals surface area contributed by atoms with E-state index in [1.54, 1.807) is 10.4 Å². The van der Waals surface area contributed by atoms with Crippen molar-refractivity contribution in [3.8, 4) is 0 Å². The molecule has 1 aromatic heterocycles. The molecular weight excluding hydrogens is 288 g/mol. The first kappa shape index (κ1) is 10.4. The van der Waals surface area contributed by atoms with Gasteiger partial charge in [0.15, 0.2) is 5.69 Å². The first-order chi connectivity index (χ1) is 6.72. The van der Waals surface area contributed by atoms with Crippen molar-refractivity contribution in [2.45, 2.75) is 0 Å². The predicted molar refractivity (Wildman–Crippen MR) is 59.9 cm³/mol. The highest BCUT2D eigenvalue weighted by atomic mass is 79.9. The fraction of sp³-hybridized carbons (Fsp3) is 0.500. The Hall–Kier alpha value is -0.130. The van der Waals surface area contributed by atoms with Gasteiger partial charge in [-0.1, -0.05) is 0 Å². The van der Waals surface area contributed by atoms with Gasteiger partial charge in [0.1, 0.15) is 3.79 Å². The van der Waals surface area contributed by atoms with E-state index in [0.29, 0.717) is 17.5 Å². The first-order valence-corrected chi connectivity index (χ1v) is 6.37. The summed E-state index contributed by atoms with van der Waals surface area (Å²) in [5, 5.41) is 0. The monoisotopic (exact) mass is 294 g/mol. The number of hydrogen-bond acceptors (Lipinski definition) is 3. The average molecular weight is 296 g/mol. The smallest absolute Gasteiger partial charge is 0.274 e. The molecule has 1 aliphatic rings. The van der Waals surface area contributed by atoms with Crippen LogP contribution in [0.5, 0.6) is 0 Å².